The summed E-state index contributed by atoms with van der Waals surface area (Å²) in [5, 5.41) is 5.02. The zero-order valence-electron chi connectivity index (χ0n) is 15.1. The van der Waals surface area contributed by atoms with Crippen LogP contribution in [-0.2, 0) is 11.3 Å². The predicted molar refractivity (Wildman–Crippen MR) is 102 cm³/mol. The van der Waals surface area contributed by atoms with Crippen molar-refractivity contribution in [2.75, 3.05) is 32.8 Å². The second kappa shape index (κ2) is 8.91. The van der Waals surface area contributed by atoms with Crippen LogP contribution in [0.15, 0.2) is 35.7 Å². The molecule has 1 N–H and O–H groups in total. The van der Waals surface area contributed by atoms with Crippen LogP contribution >= 0.6 is 11.3 Å². The summed E-state index contributed by atoms with van der Waals surface area (Å²) in [4.78, 5) is 16.1. The molecule has 0 unspecified atom stereocenters. The highest BCUT2D eigenvalue weighted by molar-refractivity contribution is 7.09. The van der Waals surface area contributed by atoms with Crippen LogP contribution in [0.5, 0.6) is 11.5 Å². The third-order valence-corrected chi connectivity index (χ3v) is 5.29. The molecule has 1 fully saturated rings. The monoisotopic (exact) mass is 376 g/mol. The average molecular weight is 376 g/mol. The molecule has 140 valence electrons. The van der Waals surface area contributed by atoms with E-state index in [9.17, 15) is 4.79 Å². The number of urea groups is 1. The molecule has 1 aromatic heterocycles. The van der Waals surface area contributed by atoms with Gasteiger partial charge in [-0.15, -0.1) is 11.3 Å². The van der Waals surface area contributed by atoms with Crippen molar-refractivity contribution >= 4 is 23.1 Å². The first-order valence-corrected chi connectivity index (χ1v) is 9.49. The molecule has 1 saturated heterocycles. The molecule has 0 bridgehead atoms. The van der Waals surface area contributed by atoms with Gasteiger partial charge < -0.3 is 24.4 Å². The number of thiophene rings is 1. The van der Waals surface area contributed by atoms with E-state index in [1.165, 1.54) is 4.88 Å². The summed E-state index contributed by atoms with van der Waals surface area (Å²) in [7, 11) is 3.17. The zero-order chi connectivity index (χ0) is 18.4. The van der Waals surface area contributed by atoms with Crippen molar-refractivity contribution < 1.29 is 19.0 Å². The molecule has 0 spiro atoms. The topological polar surface area (TPSA) is 60.0 Å². The van der Waals surface area contributed by atoms with Gasteiger partial charge in [0.2, 0.25) is 0 Å². The first-order chi connectivity index (χ1) is 12.7. The molecule has 0 atom stereocenters. The summed E-state index contributed by atoms with van der Waals surface area (Å²) in [6.45, 7) is 1.98. The number of carbonyl (C=O) groups excluding carboxylic acids is 1. The number of benzene rings is 1. The summed E-state index contributed by atoms with van der Waals surface area (Å²) in [6.07, 6.45) is 1.70. The van der Waals surface area contributed by atoms with Gasteiger partial charge in [0.1, 0.15) is 0 Å². The number of nitrogens with one attached hydrogen (secondary N) is 1. The van der Waals surface area contributed by atoms with E-state index in [2.05, 4.69) is 11.4 Å². The molecule has 2 amide bonds. The lowest BCUT2D eigenvalue weighted by Gasteiger charge is -2.34. The molecule has 1 aliphatic rings. The fraction of sp³-hybridized carbons (Fsp3) is 0.421. The first kappa shape index (κ1) is 18.5. The maximum absolute atomic E-state index is 13.0. The van der Waals surface area contributed by atoms with Gasteiger partial charge in [-0.25, -0.2) is 4.79 Å². The standard InChI is InChI=1S/C19H24N2O4S/c1-23-17-6-5-14(12-18(17)24-2)20-19(22)21(13-16-4-3-11-26-16)15-7-9-25-10-8-15/h3-6,11-12,15H,7-10,13H2,1-2H3,(H,20,22). The average Bonchev–Trinajstić information content (AvgIpc) is 3.20. The summed E-state index contributed by atoms with van der Waals surface area (Å²) in [5.41, 5.74) is 0.677. The predicted octanol–water partition coefficient (Wildman–Crippen LogP) is 3.98. The first-order valence-electron chi connectivity index (χ1n) is 8.61. The Balaban J connectivity index is 1.76. The number of methoxy groups -OCH3 is 2. The largest absolute Gasteiger partial charge is 0.493 e. The van der Waals surface area contributed by atoms with Crippen LogP contribution in [0.4, 0.5) is 10.5 Å². The van der Waals surface area contributed by atoms with Crippen LogP contribution in [-0.4, -0.2) is 44.4 Å². The fourth-order valence-corrected chi connectivity index (χ4v) is 3.75. The van der Waals surface area contributed by atoms with Crippen LogP contribution in [0.25, 0.3) is 0 Å². The number of amides is 2. The van der Waals surface area contributed by atoms with E-state index < -0.39 is 0 Å². The summed E-state index contributed by atoms with van der Waals surface area (Å²) >= 11 is 1.66. The van der Waals surface area contributed by atoms with Crippen LogP contribution in [0.1, 0.15) is 17.7 Å². The number of ether oxygens (including phenoxy) is 3. The number of nitrogens with zero attached hydrogens (tertiary/aromatic N) is 1. The van der Waals surface area contributed by atoms with Gasteiger partial charge in [-0.05, 0) is 36.4 Å². The number of hydrogen-bond donors (Lipinski definition) is 1. The minimum absolute atomic E-state index is 0.113. The molecular weight excluding hydrogens is 352 g/mol. The van der Waals surface area contributed by atoms with Crippen molar-refractivity contribution in [1.82, 2.24) is 4.90 Å². The molecule has 0 saturated carbocycles. The third-order valence-electron chi connectivity index (χ3n) is 4.43. The highest BCUT2D eigenvalue weighted by atomic mass is 32.1. The van der Waals surface area contributed by atoms with Crippen molar-refractivity contribution in [2.45, 2.75) is 25.4 Å². The molecule has 2 aromatic rings. The fourth-order valence-electron chi connectivity index (χ4n) is 3.04. The smallest absolute Gasteiger partial charge is 0.322 e. The Morgan fingerprint density at radius 2 is 2.00 bits per heavy atom. The molecular formula is C19H24N2O4S. The number of carbonyl (C=O) groups is 1. The van der Waals surface area contributed by atoms with Gasteiger partial charge in [-0.1, -0.05) is 6.07 Å². The van der Waals surface area contributed by atoms with Gasteiger partial charge in [-0.3, -0.25) is 0 Å². The highest BCUT2D eigenvalue weighted by Crippen LogP contribution is 2.30. The maximum Gasteiger partial charge on any atom is 0.322 e. The SMILES string of the molecule is COc1ccc(NC(=O)N(Cc2cccs2)C2CCOCC2)cc1OC. The van der Waals surface area contributed by atoms with E-state index in [1.807, 2.05) is 22.4 Å². The van der Waals surface area contributed by atoms with Crippen LogP contribution in [0.3, 0.4) is 0 Å². The number of rotatable bonds is 6. The molecule has 6 nitrogen and oxygen atoms in total. The van der Waals surface area contributed by atoms with Gasteiger partial charge in [0.05, 0.1) is 20.8 Å². The van der Waals surface area contributed by atoms with Crippen molar-refractivity contribution in [3.05, 3.63) is 40.6 Å². The Labute approximate surface area is 157 Å². The molecule has 7 heteroatoms. The summed E-state index contributed by atoms with van der Waals surface area (Å²) in [5.74, 6) is 1.21. The van der Waals surface area contributed by atoms with Crippen molar-refractivity contribution in [2.24, 2.45) is 0 Å². The van der Waals surface area contributed by atoms with E-state index in [0.29, 0.717) is 36.9 Å². The lowest BCUT2D eigenvalue weighted by molar-refractivity contribution is 0.0462. The van der Waals surface area contributed by atoms with Gasteiger partial charge in [0.25, 0.3) is 0 Å². The maximum atomic E-state index is 13.0. The molecule has 26 heavy (non-hydrogen) atoms. The normalized spacial score (nSPS) is 14.7. The lowest BCUT2D eigenvalue weighted by atomic mass is 10.1. The van der Waals surface area contributed by atoms with E-state index in [1.54, 1.807) is 37.7 Å². The second-order valence-corrected chi connectivity index (χ2v) is 7.08. The minimum atomic E-state index is -0.113. The Morgan fingerprint density at radius 1 is 1.23 bits per heavy atom. The molecule has 3 rings (SSSR count). The van der Waals surface area contributed by atoms with Crippen LogP contribution < -0.4 is 14.8 Å². The van der Waals surface area contributed by atoms with Gasteiger partial charge in [-0.2, -0.15) is 0 Å². The third kappa shape index (κ3) is 4.47. The minimum Gasteiger partial charge on any atom is -0.493 e. The van der Waals surface area contributed by atoms with Crippen molar-refractivity contribution in [1.29, 1.82) is 0 Å². The van der Waals surface area contributed by atoms with Gasteiger partial charge in [0.15, 0.2) is 11.5 Å². The Morgan fingerprint density at radius 3 is 2.65 bits per heavy atom. The van der Waals surface area contributed by atoms with Crippen LogP contribution in [0.2, 0.25) is 0 Å². The summed E-state index contributed by atoms with van der Waals surface area (Å²) < 4.78 is 16.0. The molecule has 0 aliphatic carbocycles. The zero-order valence-corrected chi connectivity index (χ0v) is 15.9. The lowest BCUT2D eigenvalue weighted by Crippen LogP contribution is -2.44. The van der Waals surface area contributed by atoms with E-state index in [-0.39, 0.29) is 12.1 Å². The Kier molecular flexibility index (Phi) is 6.35. The van der Waals surface area contributed by atoms with E-state index in [4.69, 9.17) is 14.2 Å². The Hall–Kier alpha value is -2.25. The van der Waals surface area contributed by atoms with Crippen molar-refractivity contribution in [3.8, 4) is 11.5 Å². The Bertz CT molecular complexity index is 714. The molecule has 2 heterocycles. The second-order valence-electron chi connectivity index (χ2n) is 6.05. The van der Waals surface area contributed by atoms with Crippen molar-refractivity contribution in [3.63, 3.8) is 0 Å². The van der Waals surface area contributed by atoms with Gasteiger partial charge >= 0.3 is 6.03 Å². The summed E-state index contributed by atoms with van der Waals surface area (Å²) in [6, 6.07) is 9.49. The molecule has 0 radical (unpaired) electrons. The number of anilines is 1. The van der Waals surface area contributed by atoms with Crippen LogP contribution in [0, 0.1) is 0 Å². The molecule has 1 aromatic carbocycles. The quantitative estimate of drug-likeness (QED) is 0.828. The highest BCUT2D eigenvalue weighted by Gasteiger charge is 2.26. The molecule has 1 aliphatic heterocycles. The van der Waals surface area contributed by atoms with Gasteiger partial charge in [0, 0.05) is 35.9 Å². The number of hydrogen-bond acceptors (Lipinski definition) is 5. The van der Waals surface area contributed by atoms with E-state index in [0.717, 1.165) is 12.8 Å². The van der Waals surface area contributed by atoms with E-state index >= 15 is 0 Å².